The monoisotopic (exact) mass is 644 g/mol. The van der Waals surface area contributed by atoms with Gasteiger partial charge in [0.25, 0.3) is 17.7 Å². The minimum Gasteiger partial charge on any atom is -0.480 e. The van der Waals surface area contributed by atoms with Gasteiger partial charge in [0.1, 0.15) is 35.2 Å². The molecule has 2 amide bonds. The molecular weight excluding hydrogens is 615 g/mol. The molecule has 0 bridgehead atoms. The highest BCUT2D eigenvalue weighted by molar-refractivity contribution is 6.03. The second kappa shape index (κ2) is 12.2. The maximum atomic E-state index is 15.2. The average Bonchev–Trinajstić information content (AvgIpc) is 3.57. The number of rotatable bonds is 7. The topological polar surface area (TPSA) is 131 Å². The Balaban J connectivity index is 1.30. The molecule has 5 heterocycles. The molecule has 2 atom stereocenters. The number of aromatic nitrogens is 4. The number of halogens is 5. The number of alkyl halides is 3. The number of amides is 2. The SMILES string of the molecule is COc1nccc(-c2cc(CN3CCC(F)(F)CC3)c3c(N)ncnn23)c1C(=O)N[C@@H]1CN(C(=O)c2cc(F)cc(F)c2)C[C@@H]1F. The number of nitrogens with one attached hydrogen (secondary N) is 1. The number of benzene rings is 1. The molecule has 16 heteroatoms. The molecule has 2 saturated heterocycles. The van der Waals surface area contributed by atoms with Crippen molar-refractivity contribution in [2.24, 2.45) is 0 Å². The summed E-state index contributed by atoms with van der Waals surface area (Å²) in [4.78, 5) is 37.9. The number of hydrogen-bond acceptors (Lipinski definition) is 8. The second-order valence-corrected chi connectivity index (χ2v) is 11.3. The van der Waals surface area contributed by atoms with Crippen LogP contribution in [0.3, 0.4) is 0 Å². The van der Waals surface area contributed by atoms with Crippen molar-refractivity contribution in [3.05, 3.63) is 71.2 Å². The van der Waals surface area contributed by atoms with Crippen LogP contribution in [0.25, 0.3) is 16.8 Å². The van der Waals surface area contributed by atoms with Gasteiger partial charge in [-0.1, -0.05) is 0 Å². The van der Waals surface area contributed by atoms with E-state index in [0.29, 0.717) is 28.4 Å². The standard InChI is InChI=1S/C30H29F5N8O3/c1-46-28-24(27(44)40-22-14-42(13-21(22)33)29(45)16-8-18(31)11-19(32)9-16)20(2-5-37-28)23-10-17(25-26(36)38-15-39-43(23)25)12-41-6-3-30(34,35)4-7-41/h2,5,8-11,15,21-22H,3-4,6-7,12-14H2,1H3,(H,40,44)(H2,36,38,39)/t21-,22+/m0/s1. The highest BCUT2D eigenvalue weighted by Crippen LogP contribution is 2.35. The molecule has 3 N–H and O–H groups in total. The van der Waals surface area contributed by atoms with Gasteiger partial charge >= 0.3 is 0 Å². The molecule has 3 aromatic heterocycles. The van der Waals surface area contributed by atoms with Gasteiger partial charge in [-0.25, -0.2) is 36.4 Å². The zero-order chi connectivity index (χ0) is 32.7. The molecule has 0 saturated carbocycles. The largest absolute Gasteiger partial charge is 0.480 e. The fourth-order valence-electron chi connectivity index (χ4n) is 5.93. The van der Waals surface area contributed by atoms with E-state index in [4.69, 9.17) is 10.5 Å². The van der Waals surface area contributed by atoms with E-state index in [9.17, 15) is 27.2 Å². The van der Waals surface area contributed by atoms with Gasteiger partial charge in [-0.15, -0.1) is 0 Å². The van der Waals surface area contributed by atoms with E-state index in [0.717, 1.165) is 17.0 Å². The Kier molecular flexibility index (Phi) is 8.22. The molecule has 2 aliphatic rings. The molecule has 6 rings (SSSR count). The summed E-state index contributed by atoms with van der Waals surface area (Å²) in [6.07, 6.45) is 0.401. The number of fused-ring (bicyclic) bond motifs is 1. The maximum absolute atomic E-state index is 15.2. The molecule has 11 nitrogen and oxygen atoms in total. The molecule has 0 aliphatic carbocycles. The van der Waals surface area contributed by atoms with Crippen molar-refractivity contribution in [1.82, 2.24) is 34.7 Å². The van der Waals surface area contributed by atoms with Crippen molar-refractivity contribution in [3.8, 4) is 17.1 Å². The third-order valence-electron chi connectivity index (χ3n) is 8.22. The van der Waals surface area contributed by atoms with Crippen LogP contribution in [0.15, 0.2) is 42.9 Å². The van der Waals surface area contributed by atoms with Gasteiger partial charge in [0.05, 0.1) is 25.4 Å². The number of nitrogens with two attached hydrogens (primary N) is 1. The number of pyridine rings is 1. The summed E-state index contributed by atoms with van der Waals surface area (Å²) < 4.78 is 77.0. The summed E-state index contributed by atoms with van der Waals surface area (Å²) in [5.41, 5.74) is 7.64. The number of methoxy groups -OCH3 is 1. The van der Waals surface area contributed by atoms with Crippen LogP contribution in [0.4, 0.5) is 27.8 Å². The van der Waals surface area contributed by atoms with Crippen LogP contribution < -0.4 is 15.8 Å². The number of carbonyl (C=O) groups excluding carboxylic acids is 2. The lowest BCUT2D eigenvalue weighted by Gasteiger charge is -2.31. The van der Waals surface area contributed by atoms with Crippen LogP contribution in [-0.4, -0.2) is 92.6 Å². The second-order valence-electron chi connectivity index (χ2n) is 11.3. The van der Waals surface area contributed by atoms with Gasteiger partial charge in [-0.3, -0.25) is 14.5 Å². The Labute approximate surface area is 259 Å². The van der Waals surface area contributed by atoms with Crippen LogP contribution >= 0.6 is 0 Å². The Hall–Kier alpha value is -4.86. The van der Waals surface area contributed by atoms with Crippen LogP contribution in [0.2, 0.25) is 0 Å². The molecule has 46 heavy (non-hydrogen) atoms. The summed E-state index contributed by atoms with van der Waals surface area (Å²) in [6.45, 7) is -0.0680. The van der Waals surface area contributed by atoms with Crippen molar-refractivity contribution in [1.29, 1.82) is 0 Å². The molecule has 0 unspecified atom stereocenters. The van der Waals surface area contributed by atoms with E-state index >= 15 is 4.39 Å². The first kappa shape index (κ1) is 31.1. The van der Waals surface area contributed by atoms with Gasteiger partial charge in [-0.2, -0.15) is 5.10 Å². The Morgan fingerprint density at radius 1 is 1.09 bits per heavy atom. The van der Waals surface area contributed by atoms with Crippen LogP contribution in [0.1, 0.15) is 39.1 Å². The Morgan fingerprint density at radius 3 is 2.50 bits per heavy atom. The number of likely N-dealkylation sites (tertiary alicyclic amines) is 2. The first-order chi connectivity index (χ1) is 21.9. The molecule has 1 aromatic carbocycles. The molecule has 2 fully saturated rings. The van der Waals surface area contributed by atoms with E-state index in [-0.39, 0.29) is 61.8 Å². The van der Waals surface area contributed by atoms with E-state index < -0.39 is 48.1 Å². The lowest BCUT2D eigenvalue weighted by Crippen LogP contribution is -2.42. The molecule has 2 aliphatic heterocycles. The predicted octanol–water partition coefficient (Wildman–Crippen LogP) is 3.48. The third kappa shape index (κ3) is 6.03. The lowest BCUT2D eigenvalue weighted by atomic mass is 10.0. The van der Waals surface area contributed by atoms with Crippen molar-refractivity contribution < 1.29 is 36.3 Å². The van der Waals surface area contributed by atoms with Crippen LogP contribution in [0, 0.1) is 11.6 Å². The Morgan fingerprint density at radius 2 is 1.80 bits per heavy atom. The quantitative estimate of drug-likeness (QED) is 0.293. The smallest absolute Gasteiger partial charge is 0.257 e. The maximum Gasteiger partial charge on any atom is 0.257 e. The van der Waals surface area contributed by atoms with E-state index in [1.54, 1.807) is 12.1 Å². The molecular formula is C30H29F5N8O3. The van der Waals surface area contributed by atoms with E-state index in [2.05, 4.69) is 20.4 Å². The summed E-state index contributed by atoms with van der Waals surface area (Å²) in [5, 5.41) is 6.94. The van der Waals surface area contributed by atoms with Crippen molar-refractivity contribution in [2.45, 2.75) is 37.5 Å². The van der Waals surface area contributed by atoms with Crippen molar-refractivity contribution >= 4 is 23.1 Å². The van der Waals surface area contributed by atoms with Crippen LogP contribution in [-0.2, 0) is 6.54 Å². The van der Waals surface area contributed by atoms with Gasteiger partial charge in [0, 0.05) is 62.4 Å². The summed E-state index contributed by atoms with van der Waals surface area (Å²) >= 11 is 0. The van der Waals surface area contributed by atoms with E-state index in [1.807, 2.05) is 4.90 Å². The van der Waals surface area contributed by atoms with Gasteiger partial charge < -0.3 is 20.7 Å². The molecule has 0 radical (unpaired) electrons. The molecule has 242 valence electrons. The first-order valence-corrected chi connectivity index (χ1v) is 14.4. The van der Waals surface area contributed by atoms with E-state index in [1.165, 1.54) is 24.1 Å². The van der Waals surface area contributed by atoms with Gasteiger partial charge in [-0.05, 0) is 29.8 Å². The zero-order valence-electron chi connectivity index (χ0n) is 24.5. The summed E-state index contributed by atoms with van der Waals surface area (Å²) in [5.74, 6) is -6.13. The number of nitrogen functional groups attached to an aromatic ring is 1. The predicted molar refractivity (Wildman–Crippen MR) is 155 cm³/mol. The molecule has 4 aromatic rings. The minimum atomic E-state index is -2.72. The zero-order valence-corrected chi connectivity index (χ0v) is 24.5. The highest BCUT2D eigenvalue weighted by atomic mass is 19.3. The Bertz CT molecular complexity index is 1790. The number of nitrogens with zero attached hydrogens (tertiary/aromatic N) is 6. The van der Waals surface area contributed by atoms with Crippen LogP contribution in [0.5, 0.6) is 5.88 Å². The fraction of sp³-hybridized carbons (Fsp3) is 0.367. The minimum absolute atomic E-state index is 0.0603. The number of anilines is 1. The van der Waals surface area contributed by atoms with Gasteiger partial charge in [0.2, 0.25) is 5.88 Å². The lowest BCUT2D eigenvalue weighted by molar-refractivity contribution is -0.0565. The molecule has 0 spiro atoms. The van der Waals surface area contributed by atoms with Crippen molar-refractivity contribution in [2.75, 3.05) is 39.0 Å². The summed E-state index contributed by atoms with van der Waals surface area (Å²) in [6, 6.07) is 4.42. The number of ether oxygens (including phenoxy) is 1. The summed E-state index contributed by atoms with van der Waals surface area (Å²) in [7, 11) is 1.31. The fourth-order valence-corrected chi connectivity index (χ4v) is 5.93. The number of piperidine rings is 1. The highest BCUT2D eigenvalue weighted by Gasteiger charge is 2.38. The normalized spacial score (nSPS) is 19.8. The van der Waals surface area contributed by atoms with Crippen molar-refractivity contribution in [3.63, 3.8) is 0 Å². The number of carbonyl (C=O) groups is 2. The van der Waals surface area contributed by atoms with Gasteiger partial charge in [0.15, 0.2) is 5.82 Å². The number of hydrogen-bond donors (Lipinski definition) is 2. The third-order valence-corrected chi connectivity index (χ3v) is 8.22. The average molecular weight is 645 g/mol. The first-order valence-electron chi connectivity index (χ1n) is 14.4.